The van der Waals surface area contributed by atoms with Gasteiger partial charge in [-0.1, -0.05) is 31.3 Å². The number of hydrogen-bond acceptors (Lipinski definition) is 5. The van der Waals surface area contributed by atoms with Crippen LogP contribution in [0.25, 0.3) is 0 Å². The van der Waals surface area contributed by atoms with Gasteiger partial charge in [0.1, 0.15) is 0 Å². The maximum atomic E-state index is 5.23. The zero-order chi connectivity index (χ0) is 13.1. The zero-order valence-corrected chi connectivity index (χ0v) is 13.0. The number of rotatable bonds is 3. The molecule has 3 rings (SSSR count). The molecule has 0 aromatic carbocycles. The zero-order valence-electron chi connectivity index (χ0n) is 12.2. The highest BCUT2D eigenvalue weighted by Gasteiger charge is 2.40. The summed E-state index contributed by atoms with van der Waals surface area (Å²) in [6.07, 6.45) is 7.52. The van der Waals surface area contributed by atoms with Crippen molar-refractivity contribution in [1.29, 1.82) is 0 Å². The van der Waals surface area contributed by atoms with Crippen LogP contribution >= 0.6 is 12.4 Å². The van der Waals surface area contributed by atoms with Crippen molar-refractivity contribution in [2.75, 3.05) is 19.6 Å². The smallest absolute Gasteiger partial charge is 0.226 e. The largest absolute Gasteiger partial charge is 0.339 e. The van der Waals surface area contributed by atoms with Crippen molar-refractivity contribution in [3.63, 3.8) is 0 Å². The van der Waals surface area contributed by atoms with Gasteiger partial charge in [0.2, 0.25) is 5.89 Å². The summed E-state index contributed by atoms with van der Waals surface area (Å²) in [6, 6.07) is 0. The highest BCUT2D eigenvalue weighted by Crippen LogP contribution is 2.35. The molecule has 1 saturated heterocycles. The number of piperazine rings is 1. The van der Waals surface area contributed by atoms with Crippen LogP contribution in [0.15, 0.2) is 4.52 Å². The number of nitrogens with zero attached hydrogens (tertiary/aromatic N) is 3. The minimum atomic E-state index is 0. The molecule has 0 atom stereocenters. The molecule has 2 heterocycles. The monoisotopic (exact) mass is 300 g/mol. The predicted octanol–water partition coefficient (Wildman–Crippen LogP) is 2.16. The fourth-order valence-corrected chi connectivity index (χ4v) is 3.50. The van der Waals surface area contributed by atoms with Gasteiger partial charge in [-0.2, -0.15) is 4.98 Å². The first-order valence-electron chi connectivity index (χ1n) is 7.60. The molecule has 0 amide bonds. The van der Waals surface area contributed by atoms with Crippen molar-refractivity contribution in [2.45, 2.75) is 57.5 Å². The summed E-state index contributed by atoms with van der Waals surface area (Å²) in [7, 11) is 0. The van der Waals surface area contributed by atoms with E-state index in [0.717, 1.165) is 44.3 Å². The number of aromatic nitrogens is 2. The Morgan fingerprint density at radius 2 is 2.10 bits per heavy atom. The quantitative estimate of drug-likeness (QED) is 0.927. The second-order valence-electron chi connectivity index (χ2n) is 5.84. The summed E-state index contributed by atoms with van der Waals surface area (Å²) in [5.74, 6) is 1.60. The Balaban J connectivity index is 0.00000147. The van der Waals surface area contributed by atoms with E-state index in [-0.39, 0.29) is 12.4 Å². The van der Waals surface area contributed by atoms with Crippen LogP contribution in [0.1, 0.15) is 50.7 Å². The van der Waals surface area contributed by atoms with Gasteiger partial charge in [-0.05, 0) is 12.8 Å². The Kier molecular flexibility index (Phi) is 5.41. The van der Waals surface area contributed by atoms with Crippen LogP contribution < -0.4 is 5.32 Å². The minimum absolute atomic E-state index is 0. The molecular weight excluding hydrogens is 276 g/mol. The summed E-state index contributed by atoms with van der Waals surface area (Å²) in [5.41, 5.74) is 0.337. The molecule has 1 aromatic heterocycles. The highest BCUT2D eigenvalue weighted by molar-refractivity contribution is 5.85. The second kappa shape index (κ2) is 6.87. The molecule has 0 unspecified atom stereocenters. The summed E-state index contributed by atoms with van der Waals surface area (Å²) in [6.45, 7) is 6.16. The molecule has 0 bridgehead atoms. The molecule has 1 aliphatic heterocycles. The average molecular weight is 301 g/mol. The van der Waals surface area contributed by atoms with E-state index in [1.54, 1.807) is 0 Å². The van der Waals surface area contributed by atoms with Gasteiger partial charge in [0, 0.05) is 31.6 Å². The predicted molar refractivity (Wildman–Crippen MR) is 80.0 cm³/mol. The lowest BCUT2D eigenvalue weighted by Crippen LogP contribution is -2.61. The van der Waals surface area contributed by atoms with E-state index in [1.165, 1.54) is 32.1 Å². The van der Waals surface area contributed by atoms with Gasteiger partial charge in [-0.15, -0.1) is 12.4 Å². The topological polar surface area (TPSA) is 54.2 Å². The van der Waals surface area contributed by atoms with Crippen LogP contribution in [-0.2, 0) is 13.0 Å². The van der Waals surface area contributed by atoms with Crippen molar-refractivity contribution in [1.82, 2.24) is 20.4 Å². The molecule has 1 aromatic rings. The third-order valence-corrected chi connectivity index (χ3v) is 4.61. The molecule has 5 nitrogen and oxygen atoms in total. The van der Waals surface area contributed by atoms with Crippen LogP contribution in [0, 0.1) is 0 Å². The number of aryl methyl sites for hydroxylation is 1. The van der Waals surface area contributed by atoms with Crippen molar-refractivity contribution < 1.29 is 4.52 Å². The Hall–Kier alpha value is -0.650. The summed E-state index contributed by atoms with van der Waals surface area (Å²) >= 11 is 0. The van der Waals surface area contributed by atoms with E-state index in [1.807, 2.05) is 6.92 Å². The Labute approximate surface area is 126 Å². The van der Waals surface area contributed by atoms with Crippen LogP contribution in [0.3, 0.4) is 0 Å². The standard InChI is InChI=1S/C14H24N4O.ClH/c1-2-13-16-12(17-19-13)10-18-9-8-15-11-14(18)6-4-3-5-7-14;/h15H,2-11H2,1H3;1H. The molecule has 6 heteroatoms. The molecule has 2 fully saturated rings. The lowest BCUT2D eigenvalue weighted by Gasteiger charge is -2.49. The molecule has 1 saturated carbocycles. The molecule has 2 aliphatic rings. The Bertz CT molecular complexity index is 409. The van der Waals surface area contributed by atoms with Crippen molar-refractivity contribution in [3.05, 3.63) is 11.7 Å². The van der Waals surface area contributed by atoms with Gasteiger partial charge < -0.3 is 9.84 Å². The molecule has 114 valence electrons. The Morgan fingerprint density at radius 1 is 1.30 bits per heavy atom. The first kappa shape index (κ1) is 15.7. The van der Waals surface area contributed by atoms with Crippen LogP contribution in [0.4, 0.5) is 0 Å². The van der Waals surface area contributed by atoms with E-state index < -0.39 is 0 Å². The van der Waals surface area contributed by atoms with Gasteiger partial charge in [0.05, 0.1) is 6.54 Å². The van der Waals surface area contributed by atoms with Gasteiger partial charge >= 0.3 is 0 Å². The SMILES string of the molecule is CCc1nc(CN2CCNCC23CCCCC3)no1.Cl. The molecular formula is C14H25ClN4O. The van der Waals surface area contributed by atoms with Crippen molar-refractivity contribution in [2.24, 2.45) is 0 Å². The molecule has 1 aliphatic carbocycles. The number of halogens is 1. The van der Waals surface area contributed by atoms with Crippen LogP contribution in [0.2, 0.25) is 0 Å². The highest BCUT2D eigenvalue weighted by atomic mass is 35.5. The fourth-order valence-electron chi connectivity index (χ4n) is 3.50. The van der Waals surface area contributed by atoms with Gasteiger partial charge in [0.15, 0.2) is 5.82 Å². The second-order valence-corrected chi connectivity index (χ2v) is 5.84. The minimum Gasteiger partial charge on any atom is -0.339 e. The van der Waals surface area contributed by atoms with Crippen LogP contribution in [-0.4, -0.2) is 40.2 Å². The number of hydrogen-bond donors (Lipinski definition) is 1. The first-order valence-corrected chi connectivity index (χ1v) is 7.60. The first-order chi connectivity index (χ1) is 9.32. The van der Waals surface area contributed by atoms with Crippen molar-refractivity contribution >= 4 is 12.4 Å². The Morgan fingerprint density at radius 3 is 2.80 bits per heavy atom. The average Bonchev–Trinajstić information content (AvgIpc) is 2.90. The van der Waals surface area contributed by atoms with Gasteiger partial charge in [0.25, 0.3) is 0 Å². The van der Waals surface area contributed by atoms with Crippen molar-refractivity contribution in [3.8, 4) is 0 Å². The third kappa shape index (κ3) is 3.15. The van der Waals surface area contributed by atoms with E-state index >= 15 is 0 Å². The third-order valence-electron chi connectivity index (χ3n) is 4.61. The lowest BCUT2D eigenvalue weighted by atomic mass is 9.79. The lowest BCUT2D eigenvalue weighted by molar-refractivity contribution is 0.0184. The van der Waals surface area contributed by atoms with E-state index in [2.05, 4.69) is 20.4 Å². The molecule has 1 N–H and O–H groups in total. The number of nitrogens with one attached hydrogen (secondary N) is 1. The van der Waals surface area contributed by atoms with Crippen LogP contribution in [0.5, 0.6) is 0 Å². The van der Waals surface area contributed by atoms with Gasteiger partial charge in [-0.3, -0.25) is 4.90 Å². The summed E-state index contributed by atoms with van der Waals surface area (Å²) in [4.78, 5) is 7.05. The maximum absolute atomic E-state index is 5.23. The normalized spacial score (nSPS) is 22.6. The van der Waals surface area contributed by atoms with E-state index in [9.17, 15) is 0 Å². The maximum Gasteiger partial charge on any atom is 0.226 e. The van der Waals surface area contributed by atoms with E-state index in [0.29, 0.717) is 5.54 Å². The fraction of sp³-hybridized carbons (Fsp3) is 0.857. The summed E-state index contributed by atoms with van der Waals surface area (Å²) < 4.78 is 5.23. The summed E-state index contributed by atoms with van der Waals surface area (Å²) in [5, 5.41) is 7.68. The molecule has 0 radical (unpaired) electrons. The van der Waals surface area contributed by atoms with Gasteiger partial charge in [-0.25, -0.2) is 0 Å². The molecule has 20 heavy (non-hydrogen) atoms. The van der Waals surface area contributed by atoms with E-state index in [4.69, 9.17) is 4.52 Å². The molecule has 1 spiro atoms.